The molecule has 0 aromatic heterocycles. The summed E-state index contributed by atoms with van der Waals surface area (Å²) >= 11 is 13.6. The van der Waals surface area contributed by atoms with Crippen LogP contribution in [0, 0.1) is 28.1 Å². The first-order valence-corrected chi connectivity index (χ1v) is 11.0. The Morgan fingerprint density at radius 1 is 1.07 bits per heavy atom. The van der Waals surface area contributed by atoms with Crippen LogP contribution in [0.15, 0.2) is 68.1 Å². The number of rotatable bonds is 3. The van der Waals surface area contributed by atoms with Gasteiger partial charge in [0.15, 0.2) is 0 Å². The normalized spacial score (nSPS) is 24.3. The van der Waals surface area contributed by atoms with E-state index in [1.165, 1.54) is 11.8 Å². The number of thioether (sulfide) groups is 1. The van der Waals surface area contributed by atoms with Gasteiger partial charge in [-0.15, -0.1) is 0 Å². The van der Waals surface area contributed by atoms with Crippen LogP contribution in [0.4, 0.5) is 0 Å². The molecule has 0 spiro atoms. The SMILES string of the molecule is N#CC1=C(N)S[C@@H](c2cccc(Br)c2)[C@@](C#N)(C(N)=S)[C@H]1c1cccc(Br)c1. The molecule has 2 aromatic rings. The largest absolute Gasteiger partial charge is 0.393 e. The Balaban J connectivity index is 2.36. The number of nitrogens with zero attached hydrogens (tertiary/aromatic N) is 2. The van der Waals surface area contributed by atoms with E-state index in [-0.39, 0.29) is 4.99 Å². The molecule has 0 unspecified atom stereocenters. The predicted octanol–water partition coefficient (Wildman–Crippen LogP) is 5.27. The first kappa shape index (κ1) is 20.9. The van der Waals surface area contributed by atoms with Crippen LogP contribution in [-0.2, 0) is 0 Å². The van der Waals surface area contributed by atoms with E-state index in [9.17, 15) is 10.5 Å². The second-order valence-corrected chi connectivity index (χ2v) is 9.69. The van der Waals surface area contributed by atoms with Gasteiger partial charge in [-0.25, -0.2) is 0 Å². The lowest BCUT2D eigenvalue weighted by molar-refractivity contribution is 0.462. The molecule has 1 heterocycles. The molecule has 0 saturated carbocycles. The van der Waals surface area contributed by atoms with Gasteiger partial charge in [0, 0.05) is 14.9 Å². The minimum Gasteiger partial charge on any atom is -0.393 e. The summed E-state index contributed by atoms with van der Waals surface area (Å²) in [5.41, 5.74) is 13.1. The summed E-state index contributed by atoms with van der Waals surface area (Å²) in [5, 5.41) is 20.2. The number of nitriles is 2. The molecule has 0 aliphatic carbocycles. The van der Waals surface area contributed by atoms with Gasteiger partial charge in [-0.1, -0.05) is 80.1 Å². The van der Waals surface area contributed by atoms with Gasteiger partial charge in [0.1, 0.15) is 5.41 Å². The highest BCUT2D eigenvalue weighted by Gasteiger charge is 2.55. The van der Waals surface area contributed by atoms with Crippen molar-refractivity contribution in [2.75, 3.05) is 0 Å². The van der Waals surface area contributed by atoms with Gasteiger partial charge in [-0.05, 0) is 35.4 Å². The van der Waals surface area contributed by atoms with Gasteiger partial charge in [0.05, 0.1) is 33.0 Å². The summed E-state index contributed by atoms with van der Waals surface area (Å²) in [4.78, 5) is 0.0395. The van der Waals surface area contributed by atoms with Crippen molar-refractivity contribution < 1.29 is 0 Å². The molecule has 0 fully saturated rings. The van der Waals surface area contributed by atoms with Crippen molar-refractivity contribution in [1.29, 1.82) is 10.5 Å². The third kappa shape index (κ3) is 3.46. The van der Waals surface area contributed by atoms with E-state index in [1.54, 1.807) is 0 Å². The zero-order valence-corrected chi connectivity index (χ0v) is 19.2. The summed E-state index contributed by atoms with van der Waals surface area (Å²) in [6.07, 6.45) is 0. The highest BCUT2D eigenvalue weighted by molar-refractivity contribution is 9.10. The quantitative estimate of drug-likeness (QED) is 0.521. The van der Waals surface area contributed by atoms with Crippen LogP contribution in [0.3, 0.4) is 0 Å². The molecule has 28 heavy (non-hydrogen) atoms. The first-order chi connectivity index (χ1) is 13.3. The Morgan fingerprint density at radius 3 is 2.14 bits per heavy atom. The highest BCUT2D eigenvalue weighted by atomic mass is 79.9. The fourth-order valence-electron chi connectivity index (χ4n) is 3.49. The molecule has 0 saturated heterocycles. The number of allylic oxidation sites excluding steroid dienone is 1. The number of hydrogen-bond donors (Lipinski definition) is 2. The minimum absolute atomic E-state index is 0.0395. The highest BCUT2D eigenvalue weighted by Crippen LogP contribution is 2.60. The second-order valence-electron chi connectivity index (χ2n) is 6.28. The number of nitrogens with two attached hydrogens (primary N) is 2. The van der Waals surface area contributed by atoms with E-state index in [0.717, 1.165) is 20.1 Å². The monoisotopic (exact) mass is 532 g/mol. The van der Waals surface area contributed by atoms with E-state index >= 15 is 0 Å². The van der Waals surface area contributed by atoms with Crippen molar-refractivity contribution >= 4 is 60.8 Å². The van der Waals surface area contributed by atoms with Gasteiger partial charge in [0.2, 0.25) is 0 Å². The lowest BCUT2D eigenvalue weighted by Crippen LogP contribution is -2.47. The van der Waals surface area contributed by atoms with Gasteiger partial charge in [-0.3, -0.25) is 0 Å². The molecule has 3 rings (SSSR count). The maximum absolute atomic E-state index is 10.4. The Hall–Kier alpha value is -1.84. The molecule has 0 amide bonds. The van der Waals surface area contributed by atoms with Gasteiger partial charge in [0.25, 0.3) is 0 Å². The average Bonchev–Trinajstić information content (AvgIpc) is 2.67. The Morgan fingerprint density at radius 2 is 1.64 bits per heavy atom. The molecule has 0 radical (unpaired) electrons. The average molecular weight is 534 g/mol. The molecule has 140 valence electrons. The van der Waals surface area contributed by atoms with Crippen LogP contribution < -0.4 is 11.5 Å². The van der Waals surface area contributed by atoms with Gasteiger partial charge < -0.3 is 11.5 Å². The Bertz CT molecular complexity index is 1070. The van der Waals surface area contributed by atoms with Crippen LogP contribution in [0.25, 0.3) is 0 Å². The zero-order valence-electron chi connectivity index (χ0n) is 14.4. The minimum atomic E-state index is -1.32. The molecule has 8 heteroatoms. The summed E-state index contributed by atoms with van der Waals surface area (Å²) in [6.45, 7) is 0. The first-order valence-electron chi connectivity index (χ1n) is 8.13. The fraction of sp³-hybridized carbons (Fsp3) is 0.150. The van der Waals surface area contributed by atoms with E-state index in [1.807, 2.05) is 48.5 Å². The summed E-state index contributed by atoms with van der Waals surface area (Å²) < 4.78 is 1.70. The van der Waals surface area contributed by atoms with Crippen LogP contribution in [0.2, 0.25) is 0 Å². The standard InChI is InChI=1S/C20H14Br2N4S2/c21-13-5-1-3-11(7-13)16-15(9-23)18(25)28-17(20(16,10-24)19(26)27)12-4-2-6-14(22)8-12/h1-8,16-17H,25H2,(H2,26,27)/t16-,17-,20-/m0/s1. The summed E-state index contributed by atoms with van der Waals surface area (Å²) in [5.74, 6) is -0.678. The van der Waals surface area contributed by atoms with E-state index in [4.69, 9.17) is 23.7 Å². The third-order valence-electron chi connectivity index (χ3n) is 4.71. The van der Waals surface area contributed by atoms with Gasteiger partial charge >= 0.3 is 0 Å². The molecule has 2 aromatic carbocycles. The van der Waals surface area contributed by atoms with Crippen molar-refractivity contribution in [1.82, 2.24) is 0 Å². The molecule has 1 aliphatic heterocycles. The van der Waals surface area contributed by atoms with Gasteiger partial charge in [-0.2, -0.15) is 10.5 Å². The number of thiocarbonyl (C=S) groups is 1. The predicted molar refractivity (Wildman–Crippen MR) is 123 cm³/mol. The molecule has 4 N–H and O–H groups in total. The van der Waals surface area contributed by atoms with Crippen molar-refractivity contribution in [2.24, 2.45) is 16.9 Å². The van der Waals surface area contributed by atoms with Crippen LogP contribution in [0.1, 0.15) is 22.3 Å². The van der Waals surface area contributed by atoms with Crippen molar-refractivity contribution in [3.8, 4) is 12.1 Å². The number of hydrogen-bond acceptors (Lipinski definition) is 5. The number of halogens is 2. The van der Waals surface area contributed by atoms with Crippen molar-refractivity contribution in [3.63, 3.8) is 0 Å². The van der Waals surface area contributed by atoms with Crippen LogP contribution in [-0.4, -0.2) is 4.99 Å². The van der Waals surface area contributed by atoms with Crippen LogP contribution >= 0.6 is 55.8 Å². The fourth-order valence-corrected chi connectivity index (χ4v) is 6.01. The third-order valence-corrected chi connectivity index (χ3v) is 7.39. The lowest BCUT2D eigenvalue weighted by atomic mass is 9.65. The smallest absolute Gasteiger partial charge is 0.135 e. The topological polar surface area (TPSA) is 99.6 Å². The van der Waals surface area contributed by atoms with Crippen LogP contribution in [0.5, 0.6) is 0 Å². The maximum atomic E-state index is 10.4. The summed E-state index contributed by atoms with van der Waals surface area (Å²) in [7, 11) is 0. The Kier molecular flexibility index (Phi) is 6.16. The van der Waals surface area contributed by atoms with Crippen molar-refractivity contribution in [2.45, 2.75) is 11.2 Å². The van der Waals surface area contributed by atoms with Crippen molar-refractivity contribution in [3.05, 3.63) is 79.2 Å². The molecule has 4 nitrogen and oxygen atoms in total. The molecular weight excluding hydrogens is 520 g/mol. The Labute approximate surface area is 189 Å². The van der Waals surface area contributed by atoms with E-state index < -0.39 is 16.6 Å². The van der Waals surface area contributed by atoms with E-state index in [2.05, 4.69) is 44.0 Å². The lowest BCUT2D eigenvalue weighted by Gasteiger charge is -2.44. The second kappa shape index (κ2) is 8.26. The molecular formula is C20H14Br2N4S2. The zero-order chi connectivity index (χ0) is 20.5. The molecule has 3 atom stereocenters. The van der Waals surface area contributed by atoms with E-state index in [0.29, 0.717) is 10.6 Å². The number of benzene rings is 2. The molecule has 1 aliphatic rings. The summed E-state index contributed by atoms with van der Waals surface area (Å²) in [6, 6.07) is 19.6. The molecule has 0 bridgehead atoms. The maximum Gasteiger partial charge on any atom is 0.135 e.